The molecule has 1 aliphatic heterocycles. The van der Waals surface area contributed by atoms with Crippen LogP contribution in [0.5, 0.6) is 0 Å². The second kappa shape index (κ2) is 8.14. The van der Waals surface area contributed by atoms with E-state index in [4.69, 9.17) is 4.98 Å². The molecule has 0 spiro atoms. The maximum absolute atomic E-state index is 12.0. The highest BCUT2D eigenvalue weighted by atomic mass is 16.2. The Bertz CT molecular complexity index is 1430. The Morgan fingerprint density at radius 1 is 1.21 bits per heavy atom. The number of carbonyl (C=O) groups is 2. The summed E-state index contributed by atoms with van der Waals surface area (Å²) in [6.45, 7) is 0.557. The smallest absolute Gasteiger partial charge is 0.254 e. The van der Waals surface area contributed by atoms with Crippen LogP contribution in [0.1, 0.15) is 30.4 Å². The van der Waals surface area contributed by atoms with Crippen LogP contribution in [0, 0.1) is 0 Å². The van der Waals surface area contributed by atoms with Crippen molar-refractivity contribution < 1.29 is 9.59 Å². The normalized spacial score (nSPS) is 16.9. The SMILES string of the molecule is O=C1C/C(=C\c2cnn3c(NC4CC4)cc(NCc4ccccc4-n4ccnc4)nc23)C(=O)N1. The molecule has 2 amide bonds. The maximum Gasteiger partial charge on any atom is 0.254 e. The highest BCUT2D eigenvalue weighted by Gasteiger charge is 2.25. The van der Waals surface area contributed by atoms with Crippen LogP contribution >= 0.6 is 0 Å². The van der Waals surface area contributed by atoms with E-state index in [1.54, 1.807) is 29.3 Å². The lowest BCUT2D eigenvalue weighted by molar-refractivity contribution is -0.124. The number of imide groups is 1. The van der Waals surface area contributed by atoms with Crippen molar-refractivity contribution in [3.8, 4) is 5.69 Å². The van der Waals surface area contributed by atoms with E-state index >= 15 is 0 Å². The Kier molecular flexibility index (Phi) is 4.83. The first kappa shape index (κ1) is 20.2. The molecule has 1 aromatic carbocycles. The molecule has 1 saturated carbocycles. The van der Waals surface area contributed by atoms with Crippen LogP contribution in [0.25, 0.3) is 17.4 Å². The van der Waals surface area contributed by atoms with E-state index in [1.165, 1.54) is 0 Å². The van der Waals surface area contributed by atoms with Gasteiger partial charge in [-0.3, -0.25) is 14.9 Å². The summed E-state index contributed by atoms with van der Waals surface area (Å²) in [5.74, 6) is 0.847. The number of amides is 2. The second-order valence-electron chi connectivity index (χ2n) is 8.46. The molecule has 0 bridgehead atoms. The lowest BCUT2D eigenvalue weighted by Gasteiger charge is -2.14. The van der Waals surface area contributed by atoms with Gasteiger partial charge in [-0.25, -0.2) is 9.97 Å². The minimum atomic E-state index is -0.369. The van der Waals surface area contributed by atoms with Crippen molar-refractivity contribution in [3.05, 3.63) is 71.9 Å². The minimum absolute atomic E-state index is 0.0618. The lowest BCUT2D eigenvalue weighted by atomic mass is 10.1. The van der Waals surface area contributed by atoms with Crippen molar-refractivity contribution in [2.75, 3.05) is 10.6 Å². The molecule has 0 radical (unpaired) electrons. The molecule has 4 heterocycles. The monoisotopic (exact) mass is 454 g/mol. The van der Waals surface area contributed by atoms with E-state index in [0.29, 0.717) is 35.2 Å². The van der Waals surface area contributed by atoms with E-state index in [0.717, 1.165) is 29.9 Å². The maximum atomic E-state index is 12.0. The summed E-state index contributed by atoms with van der Waals surface area (Å²) in [4.78, 5) is 32.6. The molecule has 3 aromatic heterocycles. The van der Waals surface area contributed by atoms with Gasteiger partial charge < -0.3 is 15.2 Å². The first-order valence-electron chi connectivity index (χ1n) is 11.1. The third kappa shape index (κ3) is 3.90. The third-order valence-electron chi connectivity index (χ3n) is 5.89. The summed E-state index contributed by atoms with van der Waals surface area (Å²) < 4.78 is 3.72. The fourth-order valence-electron chi connectivity index (χ4n) is 4.02. The summed E-state index contributed by atoms with van der Waals surface area (Å²) in [5.41, 5.74) is 3.83. The van der Waals surface area contributed by atoms with Crippen LogP contribution in [-0.2, 0) is 16.1 Å². The van der Waals surface area contributed by atoms with Crippen LogP contribution in [0.15, 0.2) is 60.8 Å². The molecule has 10 heteroatoms. The quantitative estimate of drug-likeness (QED) is 0.290. The van der Waals surface area contributed by atoms with Gasteiger partial charge in [0.2, 0.25) is 5.91 Å². The fourth-order valence-corrected chi connectivity index (χ4v) is 4.02. The van der Waals surface area contributed by atoms with Crippen molar-refractivity contribution in [2.24, 2.45) is 0 Å². The van der Waals surface area contributed by atoms with Gasteiger partial charge in [0.1, 0.15) is 11.6 Å². The van der Waals surface area contributed by atoms with Crippen molar-refractivity contribution in [1.82, 2.24) is 29.5 Å². The molecule has 170 valence electrons. The molecule has 1 saturated heterocycles. The average Bonchev–Trinajstić information content (AvgIpc) is 3.20. The first-order valence-corrected chi connectivity index (χ1v) is 11.1. The molecule has 4 aromatic rings. The molecule has 3 N–H and O–H groups in total. The fraction of sp³-hybridized carbons (Fsp3) is 0.208. The summed E-state index contributed by atoms with van der Waals surface area (Å²) in [7, 11) is 0. The van der Waals surface area contributed by atoms with Crippen LogP contribution < -0.4 is 16.0 Å². The molecule has 1 aliphatic carbocycles. The van der Waals surface area contributed by atoms with Gasteiger partial charge in [0, 0.05) is 42.2 Å². The standard InChI is InChI=1S/C24H22N8O2/c33-22-10-16(24(34)30-22)9-17-13-27-32-21(28-18-5-6-18)11-20(29-23(17)32)26-12-15-3-1-2-4-19(15)31-8-7-25-14-31/h1-4,7-9,11,13-14,18,28H,5-6,10,12H2,(H,26,29)(H,30,33,34)/b16-9+. The highest BCUT2D eigenvalue weighted by molar-refractivity contribution is 6.15. The summed E-state index contributed by atoms with van der Waals surface area (Å²) in [5, 5.41) is 13.7. The topological polar surface area (TPSA) is 118 Å². The zero-order valence-corrected chi connectivity index (χ0v) is 18.2. The number of nitrogens with one attached hydrogen (secondary N) is 3. The third-order valence-corrected chi connectivity index (χ3v) is 5.89. The van der Waals surface area contributed by atoms with E-state index in [-0.39, 0.29) is 18.2 Å². The van der Waals surface area contributed by atoms with Gasteiger partial charge >= 0.3 is 0 Å². The molecule has 10 nitrogen and oxygen atoms in total. The van der Waals surface area contributed by atoms with Crippen molar-refractivity contribution in [3.63, 3.8) is 0 Å². The van der Waals surface area contributed by atoms with Gasteiger partial charge in [0.15, 0.2) is 5.65 Å². The van der Waals surface area contributed by atoms with E-state index in [2.05, 4.69) is 32.1 Å². The number of rotatable bonds is 7. The van der Waals surface area contributed by atoms with Gasteiger partial charge in [-0.05, 0) is 30.5 Å². The number of para-hydroxylation sites is 1. The van der Waals surface area contributed by atoms with E-state index < -0.39 is 0 Å². The van der Waals surface area contributed by atoms with Gasteiger partial charge in [-0.1, -0.05) is 18.2 Å². The summed E-state index contributed by atoms with van der Waals surface area (Å²) in [6.07, 6.45) is 11.1. The number of aromatic nitrogens is 5. The van der Waals surface area contributed by atoms with Crippen LogP contribution in [0.2, 0.25) is 0 Å². The first-order chi connectivity index (χ1) is 16.6. The highest BCUT2D eigenvalue weighted by Crippen LogP contribution is 2.28. The van der Waals surface area contributed by atoms with Gasteiger partial charge in [-0.15, -0.1) is 0 Å². The molecule has 0 atom stereocenters. The number of fused-ring (bicyclic) bond motifs is 1. The van der Waals surface area contributed by atoms with Gasteiger partial charge in [-0.2, -0.15) is 9.61 Å². The number of anilines is 2. The zero-order chi connectivity index (χ0) is 23.1. The Balaban J connectivity index is 1.34. The predicted octanol–water partition coefficient (Wildman–Crippen LogP) is 2.53. The largest absolute Gasteiger partial charge is 0.367 e. The average molecular weight is 454 g/mol. The molecular weight excluding hydrogens is 432 g/mol. The molecule has 2 fully saturated rings. The number of hydrogen-bond acceptors (Lipinski definition) is 7. The summed E-state index contributed by atoms with van der Waals surface area (Å²) >= 11 is 0. The Labute approximate surface area is 194 Å². The number of hydrogen-bond donors (Lipinski definition) is 3. The van der Waals surface area contributed by atoms with Crippen molar-refractivity contribution in [2.45, 2.75) is 31.8 Å². The molecule has 0 unspecified atom stereocenters. The number of imidazole rings is 1. The zero-order valence-electron chi connectivity index (χ0n) is 18.2. The second-order valence-corrected chi connectivity index (χ2v) is 8.46. The Hall–Kier alpha value is -4.47. The van der Waals surface area contributed by atoms with E-state index in [1.807, 2.05) is 35.0 Å². The molecule has 6 rings (SSSR count). The van der Waals surface area contributed by atoms with Crippen molar-refractivity contribution in [1.29, 1.82) is 0 Å². The number of benzene rings is 1. The summed E-state index contributed by atoms with van der Waals surface area (Å²) in [6, 6.07) is 10.5. The van der Waals surface area contributed by atoms with E-state index in [9.17, 15) is 9.59 Å². The lowest BCUT2D eigenvalue weighted by Crippen LogP contribution is -2.19. The molecular formula is C24H22N8O2. The van der Waals surface area contributed by atoms with Crippen LogP contribution in [0.3, 0.4) is 0 Å². The number of carbonyl (C=O) groups excluding carboxylic acids is 2. The van der Waals surface area contributed by atoms with Gasteiger partial charge in [0.25, 0.3) is 5.91 Å². The Morgan fingerprint density at radius 2 is 2.09 bits per heavy atom. The molecule has 34 heavy (non-hydrogen) atoms. The Morgan fingerprint density at radius 3 is 2.85 bits per heavy atom. The van der Waals surface area contributed by atoms with Crippen LogP contribution in [0.4, 0.5) is 11.6 Å². The van der Waals surface area contributed by atoms with Gasteiger partial charge in [0.05, 0.1) is 24.6 Å². The van der Waals surface area contributed by atoms with Crippen LogP contribution in [-0.4, -0.2) is 42.0 Å². The number of nitrogens with zero attached hydrogens (tertiary/aromatic N) is 5. The molecule has 2 aliphatic rings. The minimum Gasteiger partial charge on any atom is -0.367 e. The van der Waals surface area contributed by atoms with Crippen molar-refractivity contribution >= 4 is 35.2 Å². The predicted molar refractivity (Wildman–Crippen MR) is 126 cm³/mol.